The number of carbonyl (C=O) groups is 2. The molecule has 2 amide bonds. The number of nitrogens with one attached hydrogen (secondary N) is 2. The van der Waals surface area contributed by atoms with Crippen LogP contribution in [0.15, 0.2) is 60.9 Å². The number of carbonyl (C=O) groups excluding carboxylic acids is 2. The normalized spacial score (nSPS) is 18.5. The van der Waals surface area contributed by atoms with E-state index in [-0.39, 0.29) is 17.9 Å². The molecule has 152 valence electrons. The van der Waals surface area contributed by atoms with E-state index in [2.05, 4.69) is 27.8 Å². The molecule has 2 heterocycles. The van der Waals surface area contributed by atoms with E-state index in [1.165, 1.54) is 5.56 Å². The number of aryl methyl sites for hydroxylation is 1. The molecule has 30 heavy (non-hydrogen) atoms. The Bertz CT molecular complexity index is 1120. The molecule has 1 unspecified atom stereocenters. The van der Waals surface area contributed by atoms with Gasteiger partial charge < -0.3 is 15.2 Å². The Labute approximate surface area is 179 Å². The van der Waals surface area contributed by atoms with Crippen LogP contribution in [-0.2, 0) is 11.2 Å². The molecule has 0 saturated heterocycles. The zero-order valence-electron chi connectivity index (χ0n) is 16.3. The largest absolute Gasteiger partial charge is 0.344 e. The average Bonchev–Trinajstić information content (AvgIpc) is 3.41. The highest BCUT2D eigenvalue weighted by Crippen LogP contribution is 2.37. The molecule has 0 bridgehead atoms. The quantitative estimate of drug-likeness (QED) is 0.677. The number of para-hydroxylation sites is 1. The summed E-state index contributed by atoms with van der Waals surface area (Å²) in [6.45, 7) is 0. The molecule has 5 rings (SSSR count). The summed E-state index contributed by atoms with van der Waals surface area (Å²) in [5, 5.41) is 6.63. The SMILES string of the molecule is O=C(NC1(C(=O)NC2CCc3ccccc3-n3ccnc32)CC1)c1ccc(Cl)cc1. The fourth-order valence-electron chi connectivity index (χ4n) is 4.02. The zero-order valence-corrected chi connectivity index (χ0v) is 17.0. The second-order valence-electron chi connectivity index (χ2n) is 7.89. The molecular formula is C23H21ClN4O2. The van der Waals surface area contributed by atoms with Gasteiger partial charge in [-0.3, -0.25) is 9.59 Å². The van der Waals surface area contributed by atoms with Crippen LogP contribution in [-0.4, -0.2) is 26.9 Å². The molecule has 1 aliphatic carbocycles. The van der Waals surface area contributed by atoms with Gasteiger partial charge in [-0.05, 0) is 61.6 Å². The number of rotatable bonds is 4. The molecule has 7 heteroatoms. The number of imidazole rings is 1. The van der Waals surface area contributed by atoms with Crippen molar-refractivity contribution in [3.8, 4) is 5.69 Å². The Morgan fingerprint density at radius 2 is 1.87 bits per heavy atom. The number of fused-ring (bicyclic) bond motifs is 3. The van der Waals surface area contributed by atoms with Gasteiger partial charge in [0.15, 0.2) is 0 Å². The summed E-state index contributed by atoms with van der Waals surface area (Å²) >= 11 is 5.90. The van der Waals surface area contributed by atoms with Crippen molar-refractivity contribution in [2.75, 3.05) is 0 Å². The molecule has 3 aromatic rings. The molecule has 6 nitrogen and oxygen atoms in total. The summed E-state index contributed by atoms with van der Waals surface area (Å²) in [5.41, 5.74) is 1.95. The molecule has 2 aliphatic rings. The summed E-state index contributed by atoms with van der Waals surface area (Å²) in [7, 11) is 0. The van der Waals surface area contributed by atoms with Gasteiger partial charge in [-0.2, -0.15) is 0 Å². The van der Waals surface area contributed by atoms with E-state index in [0.717, 1.165) is 24.4 Å². The van der Waals surface area contributed by atoms with Gasteiger partial charge in [0, 0.05) is 28.7 Å². The minimum atomic E-state index is -0.854. The van der Waals surface area contributed by atoms with Crippen LogP contribution in [0.25, 0.3) is 5.69 Å². The van der Waals surface area contributed by atoms with Crippen molar-refractivity contribution in [1.82, 2.24) is 20.2 Å². The highest BCUT2D eigenvalue weighted by Gasteiger charge is 2.52. The van der Waals surface area contributed by atoms with Gasteiger partial charge >= 0.3 is 0 Å². The molecule has 2 aromatic carbocycles. The molecule has 1 atom stereocenters. The minimum absolute atomic E-state index is 0.157. The topological polar surface area (TPSA) is 76.0 Å². The Morgan fingerprint density at radius 3 is 2.63 bits per heavy atom. The zero-order chi connectivity index (χ0) is 20.7. The van der Waals surface area contributed by atoms with Crippen LogP contribution in [0.5, 0.6) is 0 Å². The lowest BCUT2D eigenvalue weighted by Crippen LogP contribution is -2.50. The number of hydrogen-bond donors (Lipinski definition) is 2. The van der Waals surface area contributed by atoms with Crippen LogP contribution in [0.4, 0.5) is 0 Å². The van der Waals surface area contributed by atoms with Gasteiger partial charge in [-0.25, -0.2) is 4.98 Å². The first kappa shape index (κ1) is 18.9. The summed E-state index contributed by atoms with van der Waals surface area (Å²) in [6, 6.07) is 14.6. The van der Waals surface area contributed by atoms with Crippen molar-refractivity contribution < 1.29 is 9.59 Å². The van der Waals surface area contributed by atoms with Crippen molar-refractivity contribution in [2.24, 2.45) is 0 Å². The second kappa shape index (κ2) is 7.29. The number of amides is 2. The number of halogens is 1. The van der Waals surface area contributed by atoms with E-state index >= 15 is 0 Å². The predicted molar refractivity (Wildman–Crippen MR) is 114 cm³/mol. The molecule has 1 fully saturated rings. The number of hydrogen-bond acceptors (Lipinski definition) is 3. The number of nitrogens with zero attached hydrogens (tertiary/aromatic N) is 2. The predicted octanol–water partition coefficient (Wildman–Crippen LogP) is 3.59. The lowest BCUT2D eigenvalue weighted by atomic mass is 10.0. The van der Waals surface area contributed by atoms with Gasteiger partial charge in [0.25, 0.3) is 5.91 Å². The Hall–Kier alpha value is -3.12. The van der Waals surface area contributed by atoms with Crippen LogP contribution in [0, 0.1) is 0 Å². The summed E-state index contributed by atoms with van der Waals surface area (Å²) in [6.07, 6.45) is 6.52. The molecule has 1 aliphatic heterocycles. The fraction of sp³-hybridized carbons (Fsp3) is 0.261. The van der Waals surface area contributed by atoms with Gasteiger partial charge in [0.05, 0.1) is 6.04 Å². The Balaban J connectivity index is 1.33. The first-order valence-electron chi connectivity index (χ1n) is 10.1. The maximum Gasteiger partial charge on any atom is 0.252 e. The summed E-state index contributed by atoms with van der Waals surface area (Å²) in [5.74, 6) is 0.387. The summed E-state index contributed by atoms with van der Waals surface area (Å²) < 4.78 is 2.04. The molecule has 0 radical (unpaired) electrons. The standard InChI is InChI=1S/C23H21ClN4O2/c24-17-8-5-16(6-9-17)21(29)27-23(11-12-23)22(30)26-18-10-7-15-3-1-2-4-19(15)28-14-13-25-20(18)28/h1-6,8-9,13-14,18H,7,10-12H2,(H,26,30)(H,27,29). The maximum atomic E-state index is 13.1. The average molecular weight is 421 g/mol. The maximum absolute atomic E-state index is 13.1. The van der Waals surface area contributed by atoms with Crippen LogP contribution in [0.3, 0.4) is 0 Å². The van der Waals surface area contributed by atoms with E-state index < -0.39 is 5.54 Å². The first-order valence-corrected chi connectivity index (χ1v) is 10.4. The molecule has 0 spiro atoms. The highest BCUT2D eigenvalue weighted by atomic mass is 35.5. The number of aromatic nitrogens is 2. The smallest absolute Gasteiger partial charge is 0.252 e. The van der Waals surface area contributed by atoms with Crippen LogP contribution >= 0.6 is 11.6 Å². The van der Waals surface area contributed by atoms with Gasteiger partial charge in [-0.15, -0.1) is 0 Å². The fourth-order valence-corrected chi connectivity index (χ4v) is 4.15. The van der Waals surface area contributed by atoms with E-state index in [0.29, 0.717) is 23.4 Å². The van der Waals surface area contributed by atoms with Crippen molar-refractivity contribution in [3.63, 3.8) is 0 Å². The van der Waals surface area contributed by atoms with Crippen molar-refractivity contribution in [1.29, 1.82) is 0 Å². The highest BCUT2D eigenvalue weighted by molar-refractivity contribution is 6.30. The summed E-state index contributed by atoms with van der Waals surface area (Å²) in [4.78, 5) is 30.3. The van der Waals surface area contributed by atoms with E-state index in [1.807, 2.05) is 22.9 Å². The Morgan fingerprint density at radius 1 is 1.10 bits per heavy atom. The molecule has 2 N–H and O–H groups in total. The molecular weight excluding hydrogens is 400 g/mol. The van der Waals surface area contributed by atoms with Crippen LogP contribution in [0.1, 0.15) is 47.1 Å². The number of benzene rings is 2. The third kappa shape index (κ3) is 3.37. The van der Waals surface area contributed by atoms with Crippen LogP contribution < -0.4 is 10.6 Å². The van der Waals surface area contributed by atoms with Gasteiger partial charge in [-0.1, -0.05) is 29.8 Å². The monoisotopic (exact) mass is 420 g/mol. The third-order valence-corrected chi connectivity index (χ3v) is 6.14. The van der Waals surface area contributed by atoms with Crippen molar-refractivity contribution in [3.05, 3.63) is 82.9 Å². The first-order chi connectivity index (χ1) is 14.6. The van der Waals surface area contributed by atoms with E-state index in [1.54, 1.807) is 30.5 Å². The van der Waals surface area contributed by atoms with Gasteiger partial charge in [0.2, 0.25) is 5.91 Å². The van der Waals surface area contributed by atoms with Crippen molar-refractivity contribution >= 4 is 23.4 Å². The lowest BCUT2D eigenvalue weighted by Gasteiger charge is -2.22. The van der Waals surface area contributed by atoms with E-state index in [4.69, 9.17) is 11.6 Å². The Kier molecular flexibility index (Phi) is 4.59. The lowest BCUT2D eigenvalue weighted by molar-refractivity contribution is -0.124. The third-order valence-electron chi connectivity index (χ3n) is 5.88. The van der Waals surface area contributed by atoms with E-state index in [9.17, 15) is 9.59 Å². The van der Waals surface area contributed by atoms with Gasteiger partial charge in [0.1, 0.15) is 11.4 Å². The second-order valence-corrected chi connectivity index (χ2v) is 8.33. The van der Waals surface area contributed by atoms with Crippen LogP contribution in [0.2, 0.25) is 5.02 Å². The van der Waals surface area contributed by atoms with Crippen molar-refractivity contribution in [2.45, 2.75) is 37.3 Å². The molecule has 1 saturated carbocycles. The molecule has 1 aromatic heterocycles. The minimum Gasteiger partial charge on any atom is -0.344 e.